The van der Waals surface area contributed by atoms with Gasteiger partial charge in [-0.3, -0.25) is 4.79 Å². The number of hydrogen-bond acceptors (Lipinski definition) is 4. The summed E-state index contributed by atoms with van der Waals surface area (Å²) in [6.45, 7) is 9.48. The minimum absolute atomic E-state index is 0.00000742. The highest BCUT2D eigenvalue weighted by Gasteiger charge is 2.51. The molecule has 4 nitrogen and oxygen atoms in total. The molecule has 0 spiro atoms. The Morgan fingerprint density at radius 2 is 1.41 bits per heavy atom. The van der Waals surface area contributed by atoms with Gasteiger partial charge in [-0.25, -0.2) is 4.79 Å². The normalized spacial score (nSPS) is 15.9. The maximum absolute atomic E-state index is 14.3. The molecule has 0 heterocycles. The Hall–Kier alpha value is -4.08. The van der Waals surface area contributed by atoms with Crippen LogP contribution in [-0.4, -0.2) is 30.7 Å². The molecule has 2 aromatic carbocycles. The number of carbonyl (C=O) groups excluding carboxylic acids is 2. The first-order valence-electron chi connectivity index (χ1n) is 11.6. The van der Waals surface area contributed by atoms with E-state index in [1.54, 1.807) is 0 Å². The minimum atomic E-state index is -5.33. The number of rotatable bonds is 8. The lowest BCUT2D eigenvalue weighted by Crippen LogP contribution is -2.29. The maximum atomic E-state index is 14.3. The van der Waals surface area contributed by atoms with Gasteiger partial charge in [-0.15, -0.1) is 0 Å². The third-order valence-electron chi connectivity index (χ3n) is 5.89. The van der Waals surface area contributed by atoms with E-state index in [-0.39, 0.29) is 52.6 Å². The molecule has 0 saturated carbocycles. The smallest absolute Gasteiger partial charge is 0.417 e. The van der Waals surface area contributed by atoms with E-state index in [1.165, 1.54) is 50.2 Å². The van der Waals surface area contributed by atoms with E-state index in [0.29, 0.717) is 0 Å². The Balaban J connectivity index is 2.00. The fourth-order valence-corrected chi connectivity index (χ4v) is 3.95. The first kappa shape index (κ1) is 29.5. The molecule has 206 valence electrons. The molecule has 0 fully saturated rings. The van der Waals surface area contributed by atoms with Crippen molar-refractivity contribution in [3.63, 3.8) is 0 Å². The van der Waals surface area contributed by atoms with E-state index < -0.39 is 41.0 Å². The van der Waals surface area contributed by atoms with Gasteiger partial charge < -0.3 is 9.47 Å². The summed E-state index contributed by atoms with van der Waals surface area (Å²) in [6.07, 6.45) is -9.86. The lowest BCUT2D eigenvalue weighted by atomic mass is 9.76. The Labute approximate surface area is 220 Å². The molecule has 0 aliphatic heterocycles. The zero-order chi connectivity index (χ0) is 29.1. The second-order valence-electron chi connectivity index (χ2n) is 8.95. The van der Waals surface area contributed by atoms with E-state index in [9.17, 15) is 35.9 Å². The average molecular weight is 550 g/mol. The van der Waals surface area contributed by atoms with E-state index in [4.69, 9.17) is 9.47 Å². The number of ether oxygens (including phenoxy) is 2. The minimum Gasteiger partial charge on any atom is -0.485 e. The molecule has 39 heavy (non-hydrogen) atoms. The molecule has 0 bridgehead atoms. The molecular weight excluding hydrogens is 526 g/mol. The molecule has 0 saturated heterocycles. The third kappa shape index (κ3) is 7.07. The van der Waals surface area contributed by atoms with Gasteiger partial charge in [-0.1, -0.05) is 43.5 Å². The summed E-state index contributed by atoms with van der Waals surface area (Å²) < 4.78 is 95.9. The van der Waals surface area contributed by atoms with Crippen LogP contribution in [0.25, 0.3) is 5.57 Å². The molecule has 0 amide bonds. The first-order valence-corrected chi connectivity index (χ1v) is 11.6. The maximum Gasteiger partial charge on any atom is 0.417 e. The summed E-state index contributed by atoms with van der Waals surface area (Å²) in [4.78, 5) is 23.3. The number of ketones is 1. The van der Waals surface area contributed by atoms with Gasteiger partial charge in [0.05, 0.1) is 11.1 Å². The van der Waals surface area contributed by atoms with Crippen molar-refractivity contribution in [1.82, 2.24) is 0 Å². The summed E-state index contributed by atoms with van der Waals surface area (Å²) in [5.41, 5.74) is -3.89. The van der Waals surface area contributed by atoms with Crippen LogP contribution in [0.15, 0.2) is 90.1 Å². The van der Waals surface area contributed by atoms with Gasteiger partial charge in [-0.2, -0.15) is 26.3 Å². The number of benzene rings is 2. The summed E-state index contributed by atoms with van der Waals surface area (Å²) >= 11 is 0. The zero-order valence-electron chi connectivity index (χ0n) is 21.0. The highest BCUT2D eigenvalue weighted by molar-refractivity contribution is 5.95. The SMILES string of the molecule is C=C(C)C(=O)COc1ccc(C2CC=C(c3ccc(OC(=O)C(=C)C)cc3)C(C(F)(F)F)=C2C(F)(F)F)cc1. The topological polar surface area (TPSA) is 52.6 Å². The molecule has 0 aromatic heterocycles. The Morgan fingerprint density at radius 1 is 0.846 bits per heavy atom. The van der Waals surface area contributed by atoms with Crippen LogP contribution in [0, 0.1) is 0 Å². The highest BCUT2D eigenvalue weighted by Crippen LogP contribution is 2.52. The number of allylic oxidation sites excluding steroid dienone is 4. The lowest BCUT2D eigenvalue weighted by Gasteiger charge is -2.32. The van der Waals surface area contributed by atoms with Crippen LogP contribution in [0.3, 0.4) is 0 Å². The van der Waals surface area contributed by atoms with Crippen LogP contribution in [0.4, 0.5) is 26.3 Å². The summed E-state index contributed by atoms with van der Waals surface area (Å²) in [6, 6.07) is 9.79. The van der Waals surface area contributed by atoms with Crippen molar-refractivity contribution < 1.29 is 45.4 Å². The van der Waals surface area contributed by atoms with Gasteiger partial charge in [0.2, 0.25) is 0 Å². The monoisotopic (exact) mass is 550 g/mol. The van der Waals surface area contributed by atoms with Crippen molar-refractivity contribution >= 4 is 17.3 Å². The molecule has 0 radical (unpaired) electrons. The van der Waals surface area contributed by atoms with E-state index in [1.807, 2.05) is 0 Å². The largest absolute Gasteiger partial charge is 0.485 e. The quantitative estimate of drug-likeness (QED) is 0.146. The van der Waals surface area contributed by atoms with Crippen LogP contribution >= 0.6 is 0 Å². The van der Waals surface area contributed by atoms with Crippen LogP contribution in [0.5, 0.6) is 11.5 Å². The molecule has 2 aromatic rings. The van der Waals surface area contributed by atoms with E-state index >= 15 is 0 Å². The summed E-state index contributed by atoms with van der Waals surface area (Å²) in [5.74, 6) is -2.59. The van der Waals surface area contributed by atoms with Crippen molar-refractivity contribution in [1.29, 1.82) is 0 Å². The highest BCUT2D eigenvalue weighted by atomic mass is 19.4. The van der Waals surface area contributed by atoms with Gasteiger partial charge in [0.15, 0.2) is 12.4 Å². The number of Topliss-reactive ketones (excluding diaryl/α,β-unsaturated/α-hetero) is 1. The van der Waals surface area contributed by atoms with Gasteiger partial charge in [0, 0.05) is 11.5 Å². The van der Waals surface area contributed by atoms with Gasteiger partial charge >= 0.3 is 18.3 Å². The van der Waals surface area contributed by atoms with Gasteiger partial charge in [-0.05, 0) is 66.8 Å². The molecule has 3 rings (SSSR count). The molecule has 1 aliphatic carbocycles. The molecule has 10 heteroatoms. The van der Waals surface area contributed by atoms with E-state index in [0.717, 1.165) is 18.2 Å². The zero-order valence-corrected chi connectivity index (χ0v) is 21.0. The summed E-state index contributed by atoms with van der Waals surface area (Å²) in [5, 5.41) is 0. The summed E-state index contributed by atoms with van der Waals surface area (Å²) in [7, 11) is 0. The number of halogens is 6. The first-order chi connectivity index (χ1) is 18.1. The number of hydrogen-bond donors (Lipinski definition) is 0. The fraction of sp³-hybridized carbons (Fsp3) is 0.241. The molecule has 1 atom stereocenters. The van der Waals surface area contributed by atoms with Gasteiger partial charge in [0.1, 0.15) is 11.5 Å². The Morgan fingerprint density at radius 3 is 1.90 bits per heavy atom. The standard InChI is InChI=1S/C29H24F6O4/c1-16(2)24(36)15-38-20-9-5-18(6-10-20)22-13-14-23(26(29(33,34)35)25(22)28(30,31)32)19-7-11-21(12-8-19)39-27(37)17(3)4/h5-12,14,22H,1,3,13,15H2,2,4H3. The number of esters is 1. The number of carbonyl (C=O) groups is 2. The second-order valence-corrected chi connectivity index (χ2v) is 8.95. The molecule has 1 aliphatic rings. The molecular formula is C29H24F6O4. The number of alkyl halides is 6. The van der Waals surface area contributed by atoms with Crippen LogP contribution < -0.4 is 9.47 Å². The predicted octanol–water partition coefficient (Wildman–Crippen LogP) is 7.68. The Kier molecular flexibility index (Phi) is 8.58. The van der Waals surface area contributed by atoms with Crippen molar-refractivity contribution in [2.24, 2.45) is 0 Å². The predicted molar refractivity (Wildman–Crippen MR) is 133 cm³/mol. The van der Waals surface area contributed by atoms with Crippen molar-refractivity contribution in [2.45, 2.75) is 38.5 Å². The molecule has 0 N–H and O–H groups in total. The fourth-order valence-electron chi connectivity index (χ4n) is 3.95. The molecule has 1 unspecified atom stereocenters. The third-order valence-corrected chi connectivity index (χ3v) is 5.89. The van der Waals surface area contributed by atoms with Crippen LogP contribution in [-0.2, 0) is 9.59 Å². The van der Waals surface area contributed by atoms with Crippen LogP contribution in [0.1, 0.15) is 37.3 Å². The van der Waals surface area contributed by atoms with Crippen molar-refractivity contribution in [3.8, 4) is 11.5 Å². The van der Waals surface area contributed by atoms with Gasteiger partial charge in [0.25, 0.3) is 0 Å². The second kappa shape index (κ2) is 11.3. The van der Waals surface area contributed by atoms with Crippen molar-refractivity contribution in [3.05, 3.63) is 101 Å². The average Bonchev–Trinajstić information content (AvgIpc) is 2.86. The Bertz CT molecular complexity index is 1340. The lowest BCUT2D eigenvalue weighted by molar-refractivity contribution is -0.130. The van der Waals surface area contributed by atoms with Crippen LogP contribution in [0.2, 0.25) is 0 Å². The van der Waals surface area contributed by atoms with E-state index in [2.05, 4.69) is 13.2 Å². The van der Waals surface area contributed by atoms with Crippen molar-refractivity contribution in [2.75, 3.05) is 6.61 Å².